The monoisotopic (exact) mass is 336 g/mol. The molecule has 8 heteroatoms. The summed E-state index contributed by atoms with van der Waals surface area (Å²) in [6, 6.07) is 0. The molecule has 0 aromatic heterocycles. The first-order valence-electron chi connectivity index (χ1n) is 5.70. The van der Waals surface area contributed by atoms with Gasteiger partial charge in [-0.25, -0.2) is 0 Å². The van der Waals surface area contributed by atoms with Crippen LogP contribution in [-0.4, -0.2) is 33.6 Å². The van der Waals surface area contributed by atoms with E-state index < -0.39 is 16.8 Å². The minimum atomic E-state index is -4.45. The number of carbonyl (C=O) groups is 1. The smallest absolute Gasteiger partial charge is 0.404 e. The van der Waals surface area contributed by atoms with Gasteiger partial charge in [-0.3, -0.25) is 0 Å². The van der Waals surface area contributed by atoms with Gasteiger partial charge in [0.05, 0.1) is 6.61 Å². The third kappa shape index (κ3) is 9.51. The van der Waals surface area contributed by atoms with Crippen LogP contribution in [-0.2, 0) is 9.53 Å². The minimum Gasteiger partial charge on any atom is -0.479 e. The Hall–Kier alpha value is -0.0100. The van der Waals surface area contributed by atoms with E-state index in [1.165, 1.54) is 6.92 Å². The Morgan fingerprint density at radius 1 is 1.47 bits per heavy atom. The summed E-state index contributed by atoms with van der Waals surface area (Å²) in [5.41, 5.74) is 0. The molecule has 0 saturated heterocycles. The summed E-state index contributed by atoms with van der Waals surface area (Å²) in [6.07, 6.45) is -4.25. The molecule has 0 N–H and O–H groups in total. The number of hydrogen-bond donors (Lipinski definition) is 0. The van der Waals surface area contributed by atoms with Crippen LogP contribution in [0, 0.1) is 0 Å². The fourth-order valence-corrected chi connectivity index (χ4v) is 3.07. The van der Waals surface area contributed by atoms with E-state index >= 15 is 0 Å². The molecule has 0 aliphatic rings. The lowest BCUT2D eigenvalue weighted by molar-refractivity contribution is -0.131. The fourth-order valence-electron chi connectivity index (χ4n) is 1.24. The van der Waals surface area contributed by atoms with Crippen LogP contribution in [0.15, 0.2) is 0 Å². The molecule has 0 aliphatic heterocycles. The zero-order chi connectivity index (χ0) is 15.1. The van der Waals surface area contributed by atoms with Crippen LogP contribution in [0.4, 0.5) is 13.2 Å². The molecule has 112 valence electrons. The lowest BCUT2D eigenvalue weighted by atomic mass is 10.1. The van der Waals surface area contributed by atoms with E-state index in [0.717, 1.165) is 11.8 Å². The number of alkyl halides is 4. The van der Waals surface area contributed by atoms with Gasteiger partial charge in [0.25, 0.3) is 0 Å². The molecule has 0 aromatic carbocycles. The van der Waals surface area contributed by atoms with Gasteiger partial charge in [-0.15, -0.1) is 11.6 Å². The summed E-state index contributed by atoms with van der Waals surface area (Å²) in [5.74, 6) is -0.0777. The SMILES string of the molecule is CCOC(=S)SC(CCC(C)=O)CC(Cl)C(F)(F)F. The topological polar surface area (TPSA) is 26.3 Å². The molecular weight excluding hydrogens is 321 g/mol. The molecule has 0 radical (unpaired) electrons. The Balaban J connectivity index is 4.48. The van der Waals surface area contributed by atoms with Crippen molar-refractivity contribution in [3.63, 3.8) is 0 Å². The molecular formula is C11H16ClF3O2S2. The first-order chi connectivity index (χ1) is 8.66. The maximum absolute atomic E-state index is 12.4. The molecule has 0 aromatic rings. The molecule has 0 rings (SSSR count). The maximum Gasteiger partial charge on any atom is 0.404 e. The van der Waals surface area contributed by atoms with Gasteiger partial charge in [0, 0.05) is 11.7 Å². The predicted molar refractivity (Wildman–Crippen MR) is 75.8 cm³/mol. The van der Waals surface area contributed by atoms with Crippen LogP contribution < -0.4 is 0 Å². The summed E-state index contributed by atoms with van der Waals surface area (Å²) >= 11 is 11.2. The highest BCUT2D eigenvalue weighted by molar-refractivity contribution is 8.23. The van der Waals surface area contributed by atoms with Crippen LogP contribution in [0.1, 0.15) is 33.1 Å². The second kappa shape index (κ2) is 9.02. The summed E-state index contributed by atoms with van der Waals surface area (Å²) in [5, 5.41) is -2.42. The van der Waals surface area contributed by atoms with Gasteiger partial charge in [-0.1, -0.05) is 11.8 Å². The van der Waals surface area contributed by atoms with E-state index in [1.807, 2.05) is 0 Å². The summed E-state index contributed by atoms with van der Waals surface area (Å²) in [6.45, 7) is 3.48. The molecule has 0 amide bonds. The van der Waals surface area contributed by atoms with Gasteiger partial charge in [0.1, 0.15) is 11.2 Å². The number of halogens is 4. The highest BCUT2D eigenvalue weighted by Gasteiger charge is 2.39. The summed E-state index contributed by atoms with van der Waals surface area (Å²) in [7, 11) is 0. The Labute approximate surface area is 125 Å². The van der Waals surface area contributed by atoms with E-state index in [1.54, 1.807) is 6.92 Å². The molecule has 0 saturated carbocycles. The van der Waals surface area contributed by atoms with Crippen molar-refractivity contribution < 1.29 is 22.7 Å². The molecule has 2 atom stereocenters. The predicted octanol–water partition coefficient (Wildman–Crippen LogP) is 4.34. The van der Waals surface area contributed by atoms with Gasteiger partial charge in [0.2, 0.25) is 4.38 Å². The van der Waals surface area contributed by atoms with Gasteiger partial charge in [0.15, 0.2) is 0 Å². The van der Waals surface area contributed by atoms with Crippen LogP contribution in [0.2, 0.25) is 0 Å². The Kier molecular flexibility index (Phi) is 9.02. The first-order valence-corrected chi connectivity index (χ1v) is 7.42. The van der Waals surface area contributed by atoms with Crippen LogP contribution in [0.5, 0.6) is 0 Å². The number of thioether (sulfide) groups is 1. The molecule has 0 spiro atoms. The Bertz CT molecular complexity index is 311. The molecule has 19 heavy (non-hydrogen) atoms. The number of ketones is 1. The number of hydrogen-bond acceptors (Lipinski definition) is 4. The third-order valence-corrected chi connectivity index (χ3v) is 4.07. The molecule has 2 nitrogen and oxygen atoms in total. The van der Waals surface area contributed by atoms with Crippen LogP contribution in [0.3, 0.4) is 0 Å². The zero-order valence-corrected chi connectivity index (χ0v) is 13.0. The molecule has 0 bridgehead atoms. The quantitative estimate of drug-likeness (QED) is 0.510. The fraction of sp³-hybridized carbons (Fsp3) is 0.818. The summed E-state index contributed by atoms with van der Waals surface area (Å²) < 4.78 is 42.5. The summed E-state index contributed by atoms with van der Waals surface area (Å²) in [4.78, 5) is 10.9. The van der Waals surface area contributed by atoms with Gasteiger partial charge in [-0.05, 0) is 38.9 Å². The van der Waals surface area contributed by atoms with Crippen LogP contribution >= 0.6 is 35.6 Å². The average Bonchev–Trinajstić information content (AvgIpc) is 2.24. The molecule has 0 aliphatic carbocycles. The number of Topliss-reactive ketones (excluding diaryl/α,β-unsaturated/α-hetero) is 1. The van der Waals surface area contributed by atoms with E-state index in [-0.39, 0.29) is 23.0 Å². The van der Waals surface area contributed by atoms with Gasteiger partial charge >= 0.3 is 6.18 Å². The normalized spacial score (nSPS) is 14.8. The van der Waals surface area contributed by atoms with Crippen molar-refractivity contribution >= 4 is 45.7 Å². The van der Waals surface area contributed by atoms with Crippen molar-refractivity contribution in [1.29, 1.82) is 0 Å². The van der Waals surface area contributed by atoms with E-state index in [2.05, 4.69) is 0 Å². The van der Waals surface area contributed by atoms with E-state index in [0.29, 0.717) is 13.0 Å². The molecule has 2 unspecified atom stereocenters. The molecule has 0 heterocycles. The number of carbonyl (C=O) groups excluding carboxylic acids is 1. The second-order valence-electron chi connectivity index (χ2n) is 3.91. The first kappa shape index (κ1) is 19.0. The second-order valence-corrected chi connectivity index (χ2v) is 6.34. The lowest BCUT2D eigenvalue weighted by Gasteiger charge is -2.20. The standard InChI is InChI=1S/C11H16ClF3O2S2/c1-3-17-10(18)19-8(5-4-7(2)16)6-9(12)11(13,14)15/h8-9H,3-6H2,1-2H3. The highest BCUT2D eigenvalue weighted by Crippen LogP contribution is 2.33. The van der Waals surface area contributed by atoms with Gasteiger partial charge in [-0.2, -0.15) is 13.2 Å². The third-order valence-electron chi connectivity index (χ3n) is 2.17. The minimum absolute atomic E-state index is 0.0777. The van der Waals surface area contributed by atoms with E-state index in [4.69, 9.17) is 28.6 Å². The highest BCUT2D eigenvalue weighted by atomic mass is 35.5. The van der Waals surface area contributed by atoms with Crippen molar-refractivity contribution in [2.24, 2.45) is 0 Å². The van der Waals surface area contributed by atoms with E-state index in [9.17, 15) is 18.0 Å². The van der Waals surface area contributed by atoms with Gasteiger partial charge < -0.3 is 9.53 Å². The zero-order valence-electron chi connectivity index (χ0n) is 10.6. The van der Waals surface area contributed by atoms with Crippen LogP contribution in [0.25, 0.3) is 0 Å². The van der Waals surface area contributed by atoms with Crippen molar-refractivity contribution in [1.82, 2.24) is 0 Å². The maximum atomic E-state index is 12.4. The number of rotatable bonds is 7. The largest absolute Gasteiger partial charge is 0.479 e. The number of ether oxygens (including phenoxy) is 1. The Morgan fingerprint density at radius 3 is 2.47 bits per heavy atom. The molecule has 0 fully saturated rings. The van der Waals surface area contributed by atoms with Crippen molar-refractivity contribution in [2.75, 3.05) is 6.61 Å². The number of thiocarbonyl (C=S) groups is 1. The Morgan fingerprint density at radius 2 is 2.05 bits per heavy atom. The average molecular weight is 337 g/mol. The van der Waals surface area contributed by atoms with Crippen molar-refractivity contribution in [2.45, 2.75) is 49.9 Å². The van der Waals surface area contributed by atoms with Crippen molar-refractivity contribution in [3.8, 4) is 0 Å². The van der Waals surface area contributed by atoms with Crippen molar-refractivity contribution in [3.05, 3.63) is 0 Å². The lowest BCUT2D eigenvalue weighted by Crippen LogP contribution is -2.27.